The van der Waals surface area contributed by atoms with Crippen molar-refractivity contribution >= 4 is 6.29 Å². The predicted octanol–water partition coefficient (Wildman–Crippen LogP) is 22.7. The normalized spacial score (nSPS) is 15.9. The summed E-state index contributed by atoms with van der Waals surface area (Å²) in [7, 11) is 0. The van der Waals surface area contributed by atoms with Gasteiger partial charge in [0.05, 0.1) is 25.4 Å². The third-order valence-electron chi connectivity index (χ3n) is 14.5. The molecule has 0 atom stereocenters. The molecule has 0 saturated carbocycles. The van der Waals surface area contributed by atoms with Crippen molar-refractivity contribution in [3.8, 4) is 34.1 Å². The minimum absolute atomic E-state index is 0.0767. The number of benzene rings is 2. The van der Waals surface area contributed by atoms with Crippen molar-refractivity contribution in [2.75, 3.05) is 19.8 Å². The molecule has 2 aromatic rings. The Balaban J connectivity index is 3.10. The van der Waals surface area contributed by atoms with Crippen molar-refractivity contribution in [3.63, 3.8) is 0 Å². The first-order valence-electron chi connectivity index (χ1n) is 26.5. The second kappa shape index (κ2) is 27.6. The molecule has 2 rings (SSSR count). The van der Waals surface area contributed by atoms with Crippen LogP contribution >= 0.6 is 0 Å². The van der Waals surface area contributed by atoms with Crippen LogP contribution in [-0.4, -0.2) is 174 Å². The number of rotatable bonds is 35. The molecule has 0 unspecified atom stereocenters. The molecular formula is C50H33F51O5. The van der Waals surface area contributed by atoms with Crippen LogP contribution in [0.4, 0.5) is 224 Å². The summed E-state index contributed by atoms with van der Waals surface area (Å²) in [6.07, 6.45) is -43.6. The van der Waals surface area contributed by atoms with E-state index in [1.54, 1.807) is 0 Å². The van der Waals surface area contributed by atoms with Gasteiger partial charge in [-0.05, 0) is 54.5 Å². The molecule has 0 radical (unpaired) electrons. The van der Waals surface area contributed by atoms with Crippen molar-refractivity contribution in [1.29, 1.82) is 0 Å². The van der Waals surface area contributed by atoms with Gasteiger partial charge in [0.2, 0.25) is 5.75 Å². The molecule has 0 aliphatic carbocycles. The Morgan fingerprint density at radius 1 is 0.302 bits per heavy atom. The largest absolute Gasteiger partial charge is 0.507 e. The Bertz CT molecular complexity index is 3400. The quantitative estimate of drug-likeness (QED) is 0.0423. The van der Waals surface area contributed by atoms with E-state index in [0.29, 0.717) is 6.07 Å². The first kappa shape index (κ1) is 95.8. The van der Waals surface area contributed by atoms with Gasteiger partial charge in [-0.2, -0.15) is 224 Å². The third kappa shape index (κ3) is 14.4. The van der Waals surface area contributed by atoms with Gasteiger partial charge >= 0.3 is 143 Å². The van der Waals surface area contributed by atoms with Gasteiger partial charge in [-0.1, -0.05) is 20.8 Å². The van der Waals surface area contributed by atoms with E-state index in [1.165, 1.54) is 0 Å². The Morgan fingerprint density at radius 2 is 0.528 bits per heavy atom. The summed E-state index contributed by atoms with van der Waals surface area (Å²) in [6.45, 7) is -4.12. The van der Waals surface area contributed by atoms with Crippen molar-refractivity contribution < 1.29 is 248 Å². The highest BCUT2D eigenvalue weighted by molar-refractivity contribution is 5.86. The van der Waals surface area contributed by atoms with Crippen LogP contribution in [0.5, 0.6) is 23.0 Å². The summed E-state index contributed by atoms with van der Waals surface area (Å²) in [4.78, 5) is 12.1. The summed E-state index contributed by atoms with van der Waals surface area (Å²) in [5.41, 5.74) is -5.78. The van der Waals surface area contributed by atoms with E-state index in [1.807, 2.05) is 0 Å². The van der Waals surface area contributed by atoms with Crippen LogP contribution in [0.15, 0.2) is 24.3 Å². The number of ether oxygens (including phenoxy) is 3. The maximum Gasteiger partial charge on any atom is 0.460 e. The van der Waals surface area contributed by atoms with E-state index in [-0.39, 0.29) is 18.2 Å². The molecule has 0 aliphatic heterocycles. The standard InChI is InChI=1S/C50H33F51O5/c1-26(2,3)21-16-18(15-19(17-102)23(21)103)20-7-8-22(104-12-4-9-27(51,52)30(57,58)33(63,64)36(69,70)39(75,76)42(81,82)45(87,88)48(93,94)95)25(106-14-6-11-29(55,56)32(61,62)35(67,68)38(73,74)41(79,80)44(85,86)47(91,92)50(99,100)101)24(20)105-13-5-10-28(53,54)31(59,60)34(65,66)37(71,72)40(77,78)43(83,84)46(89,90)49(96,97)98/h7-8,15-17,103H,4-6,9-14H2,1-3H3. The number of phenols is 1. The topological polar surface area (TPSA) is 65.0 Å². The van der Waals surface area contributed by atoms with Gasteiger partial charge in [-0.15, -0.1) is 0 Å². The predicted molar refractivity (Wildman–Crippen MR) is 244 cm³/mol. The molecule has 0 bridgehead atoms. The number of alkyl halides is 51. The van der Waals surface area contributed by atoms with E-state index >= 15 is 17.6 Å². The highest BCUT2D eigenvalue weighted by Gasteiger charge is 2.98. The monoisotopic (exact) mass is 1680 g/mol. The van der Waals surface area contributed by atoms with E-state index in [0.717, 1.165) is 20.8 Å². The van der Waals surface area contributed by atoms with Crippen molar-refractivity contribution in [2.45, 2.75) is 208 Å². The van der Waals surface area contributed by atoms with Crippen LogP contribution < -0.4 is 14.2 Å². The van der Waals surface area contributed by atoms with Gasteiger partial charge in [0, 0.05) is 30.4 Å². The number of hydrogen-bond acceptors (Lipinski definition) is 5. The van der Waals surface area contributed by atoms with Gasteiger partial charge < -0.3 is 19.3 Å². The molecule has 0 aromatic heterocycles. The second-order valence-corrected chi connectivity index (χ2v) is 22.9. The molecule has 0 heterocycles. The van der Waals surface area contributed by atoms with Crippen molar-refractivity contribution in [1.82, 2.24) is 0 Å². The van der Waals surface area contributed by atoms with Crippen molar-refractivity contribution in [3.05, 3.63) is 35.4 Å². The minimum atomic E-state index is -9.28. The van der Waals surface area contributed by atoms with E-state index < -0.39 is 258 Å². The average molecular weight is 1680 g/mol. The molecule has 2 aromatic carbocycles. The molecule has 0 saturated heterocycles. The Labute approximate surface area is 551 Å². The first-order chi connectivity index (χ1) is 46.0. The van der Waals surface area contributed by atoms with Gasteiger partial charge in [0.25, 0.3) is 0 Å². The van der Waals surface area contributed by atoms with Gasteiger partial charge in [-0.25, -0.2) is 0 Å². The number of aromatic hydroxyl groups is 1. The lowest BCUT2D eigenvalue weighted by atomic mass is 9.83. The molecule has 0 fully saturated rings. The zero-order valence-electron chi connectivity index (χ0n) is 50.1. The molecule has 0 spiro atoms. The molecule has 5 nitrogen and oxygen atoms in total. The summed E-state index contributed by atoms with van der Waals surface area (Å²) < 4.78 is 726. The average Bonchev–Trinajstić information content (AvgIpc) is 0.705. The van der Waals surface area contributed by atoms with Crippen molar-refractivity contribution in [2.24, 2.45) is 0 Å². The lowest BCUT2D eigenvalue weighted by molar-refractivity contribution is -0.461. The van der Waals surface area contributed by atoms with Gasteiger partial charge in [0.1, 0.15) is 5.75 Å². The number of carbonyl (C=O) groups excluding carboxylic acids is 1. The van der Waals surface area contributed by atoms with Crippen LogP contribution in [0.25, 0.3) is 11.1 Å². The molecular weight excluding hydrogens is 1650 g/mol. The molecule has 56 heteroatoms. The van der Waals surface area contributed by atoms with E-state index in [4.69, 9.17) is 9.47 Å². The fourth-order valence-corrected chi connectivity index (χ4v) is 8.11. The Hall–Kier alpha value is -6.26. The van der Waals surface area contributed by atoms with E-state index in [9.17, 15) is 216 Å². The first-order valence-corrected chi connectivity index (χ1v) is 26.5. The number of phenolic OH excluding ortho intramolecular Hbond substituents is 1. The molecule has 0 aliphatic rings. The maximum absolute atomic E-state index is 15.1. The summed E-state index contributed by atoms with van der Waals surface area (Å²) in [5, 5.41) is 10.7. The summed E-state index contributed by atoms with van der Waals surface area (Å²) >= 11 is 0. The van der Waals surface area contributed by atoms with Gasteiger partial charge in [-0.3, -0.25) is 4.79 Å². The number of hydrogen-bond donors (Lipinski definition) is 1. The van der Waals surface area contributed by atoms with Crippen LogP contribution in [-0.2, 0) is 5.41 Å². The lowest BCUT2D eigenvalue weighted by Crippen LogP contribution is -2.74. The van der Waals surface area contributed by atoms with Crippen LogP contribution in [0, 0.1) is 0 Å². The number of halogens is 51. The Kier molecular flexibility index (Phi) is 25.0. The minimum Gasteiger partial charge on any atom is -0.507 e. The fraction of sp³-hybridized carbons (Fsp3) is 0.740. The van der Waals surface area contributed by atoms with Crippen LogP contribution in [0.3, 0.4) is 0 Å². The smallest absolute Gasteiger partial charge is 0.460 e. The van der Waals surface area contributed by atoms with Crippen LogP contribution in [0.1, 0.15) is 75.2 Å². The highest BCUT2D eigenvalue weighted by atomic mass is 19.5. The highest BCUT2D eigenvalue weighted by Crippen LogP contribution is 2.69. The second-order valence-electron chi connectivity index (χ2n) is 22.9. The zero-order chi connectivity index (χ0) is 85.1. The molecule has 620 valence electrons. The maximum atomic E-state index is 15.1. The molecule has 1 N–H and O–H groups in total. The lowest BCUT2D eigenvalue weighted by Gasteiger charge is -2.42. The zero-order valence-corrected chi connectivity index (χ0v) is 50.1. The third-order valence-corrected chi connectivity index (χ3v) is 14.5. The van der Waals surface area contributed by atoms with Gasteiger partial charge in [0.15, 0.2) is 17.8 Å². The van der Waals surface area contributed by atoms with Crippen LogP contribution in [0.2, 0.25) is 0 Å². The Morgan fingerprint density at radius 3 is 0.764 bits per heavy atom. The fourth-order valence-electron chi connectivity index (χ4n) is 8.11. The summed E-state index contributed by atoms with van der Waals surface area (Å²) in [5.74, 6) is -191. The molecule has 106 heavy (non-hydrogen) atoms. The number of carbonyl (C=O) groups is 1. The number of aldehydes is 1. The van der Waals surface area contributed by atoms with E-state index in [2.05, 4.69) is 4.74 Å². The SMILES string of the molecule is CC(C)(C)c1cc(-c2ccc(OCCCC(F)(F)C(F)(F)C(F)(F)C(F)(F)C(F)(F)C(F)(F)C(F)(F)C(F)(F)F)c(OCCCC(F)(F)C(F)(F)C(F)(F)C(F)(F)C(F)(F)C(F)(F)C(F)(F)C(F)(F)F)c2OCCCC(F)(F)C(F)(F)C(F)(F)C(F)(F)C(F)(F)C(F)(F)C(F)(F)C(F)(F)F)cc(C=O)c1O. The summed E-state index contributed by atoms with van der Waals surface area (Å²) in [6, 6.07) is 0.789. The molecule has 0 amide bonds.